The van der Waals surface area contributed by atoms with Gasteiger partial charge in [0.25, 0.3) is 0 Å². The molecule has 70 valence electrons. The van der Waals surface area contributed by atoms with Crippen LogP contribution < -0.4 is 0 Å². The van der Waals surface area contributed by atoms with Crippen LogP contribution >= 0.6 is 0 Å². The lowest BCUT2D eigenvalue weighted by atomic mass is 10.3. The molecule has 0 unspecified atom stereocenters. The molecule has 0 aliphatic carbocycles. The van der Waals surface area contributed by atoms with Gasteiger partial charge in [0.1, 0.15) is 5.82 Å². The maximum Gasteiger partial charge on any atom is 0.109 e. The third kappa shape index (κ3) is 1.72. The van der Waals surface area contributed by atoms with Crippen LogP contribution in [0.25, 0.3) is 12.2 Å². The first kappa shape index (κ1) is 9.78. The van der Waals surface area contributed by atoms with E-state index in [1.165, 1.54) is 0 Å². The summed E-state index contributed by atoms with van der Waals surface area (Å²) in [4.78, 5) is 4.46. The van der Waals surface area contributed by atoms with Gasteiger partial charge >= 0.3 is 0 Å². The summed E-state index contributed by atoms with van der Waals surface area (Å²) in [6.45, 7) is 9.64. The van der Waals surface area contributed by atoms with Crippen LogP contribution in [0.15, 0.2) is 13.2 Å². The van der Waals surface area contributed by atoms with Crippen molar-refractivity contribution >= 4 is 12.2 Å². The van der Waals surface area contributed by atoms with Gasteiger partial charge in [0.2, 0.25) is 0 Å². The maximum atomic E-state index is 4.46. The number of nitrogens with zero attached hydrogens (tertiary/aromatic N) is 2. The smallest absolute Gasteiger partial charge is 0.109 e. The largest absolute Gasteiger partial charge is 0.331 e. The Hall–Kier alpha value is -1.31. The van der Waals surface area contributed by atoms with E-state index in [4.69, 9.17) is 0 Å². The lowest BCUT2D eigenvalue weighted by Crippen LogP contribution is -1.98. The van der Waals surface area contributed by atoms with E-state index in [2.05, 4.69) is 29.6 Å². The zero-order chi connectivity index (χ0) is 9.84. The van der Waals surface area contributed by atoms with Gasteiger partial charge in [-0.15, -0.1) is 0 Å². The second-order valence-electron chi connectivity index (χ2n) is 3.02. The lowest BCUT2D eigenvalue weighted by Gasteiger charge is -2.00. The molecule has 0 amide bonds. The second-order valence-corrected chi connectivity index (χ2v) is 3.02. The van der Waals surface area contributed by atoms with Crippen LogP contribution in [0, 0.1) is 0 Å². The molecule has 0 radical (unpaired) electrons. The summed E-state index contributed by atoms with van der Waals surface area (Å²) >= 11 is 0. The number of aromatic nitrogens is 2. The Morgan fingerprint density at radius 1 is 1.38 bits per heavy atom. The predicted octanol–water partition coefficient (Wildman–Crippen LogP) is 2.66. The molecule has 1 rings (SSSR count). The fraction of sp³-hybridized carbons (Fsp3) is 0.364. The minimum atomic E-state index is 0.931. The Balaban J connectivity index is 3.17. The van der Waals surface area contributed by atoms with Crippen LogP contribution in [0.5, 0.6) is 0 Å². The van der Waals surface area contributed by atoms with E-state index >= 15 is 0 Å². The number of hydrogen-bond donors (Lipinski definition) is 0. The minimum Gasteiger partial charge on any atom is -0.331 e. The standard InChI is InChI=1S/C11H16N2/c1-5-8-11-12-9(6-2)10(7-3)13(11)4/h6-7H,2-3,5,8H2,1,4H3. The summed E-state index contributed by atoms with van der Waals surface area (Å²) in [5.74, 6) is 1.10. The van der Waals surface area contributed by atoms with E-state index in [1.807, 2.05) is 13.1 Å². The monoisotopic (exact) mass is 176 g/mol. The average molecular weight is 176 g/mol. The highest BCUT2D eigenvalue weighted by atomic mass is 15.1. The number of imidazole rings is 1. The first-order chi connectivity index (χ1) is 6.24. The topological polar surface area (TPSA) is 17.8 Å². The van der Waals surface area contributed by atoms with Crippen molar-refractivity contribution in [3.8, 4) is 0 Å². The van der Waals surface area contributed by atoms with Crippen LogP contribution in [0.3, 0.4) is 0 Å². The van der Waals surface area contributed by atoms with E-state index in [0.717, 1.165) is 30.1 Å². The Kier molecular flexibility index (Phi) is 3.07. The summed E-state index contributed by atoms with van der Waals surface area (Å²) in [7, 11) is 2.02. The van der Waals surface area contributed by atoms with Crippen molar-refractivity contribution in [3.05, 3.63) is 30.4 Å². The van der Waals surface area contributed by atoms with Gasteiger partial charge in [-0.3, -0.25) is 0 Å². The summed E-state index contributed by atoms with van der Waals surface area (Å²) in [6.07, 6.45) is 5.71. The van der Waals surface area contributed by atoms with E-state index in [1.54, 1.807) is 6.08 Å². The van der Waals surface area contributed by atoms with Gasteiger partial charge in [-0.1, -0.05) is 20.1 Å². The number of hydrogen-bond acceptors (Lipinski definition) is 1. The van der Waals surface area contributed by atoms with Gasteiger partial charge in [0, 0.05) is 13.5 Å². The van der Waals surface area contributed by atoms with Crippen molar-refractivity contribution in [1.29, 1.82) is 0 Å². The van der Waals surface area contributed by atoms with Crippen molar-refractivity contribution in [2.75, 3.05) is 0 Å². The highest BCUT2D eigenvalue weighted by Crippen LogP contribution is 2.14. The van der Waals surface area contributed by atoms with Gasteiger partial charge < -0.3 is 4.57 Å². The molecule has 0 saturated heterocycles. The lowest BCUT2D eigenvalue weighted by molar-refractivity contribution is 0.755. The summed E-state index contributed by atoms with van der Waals surface area (Å²) in [6, 6.07) is 0. The van der Waals surface area contributed by atoms with Crippen molar-refractivity contribution in [3.63, 3.8) is 0 Å². The van der Waals surface area contributed by atoms with Crippen molar-refractivity contribution in [1.82, 2.24) is 9.55 Å². The molecule has 13 heavy (non-hydrogen) atoms. The molecule has 0 aliphatic heterocycles. The average Bonchev–Trinajstić information content (AvgIpc) is 2.44. The second kappa shape index (κ2) is 4.08. The fourth-order valence-corrected chi connectivity index (χ4v) is 1.42. The molecule has 0 spiro atoms. The van der Waals surface area contributed by atoms with E-state index in [-0.39, 0.29) is 0 Å². The highest BCUT2D eigenvalue weighted by molar-refractivity contribution is 5.58. The molecule has 0 fully saturated rings. The molecule has 1 heterocycles. The minimum absolute atomic E-state index is 0.931. The maximum absolute atomic E-state index is 4.46. The number of rotatable bonds is 4. The fourth-order valence-electron chi connectivity index (χ4n) is 1.42. The molecular formula is C11H16N2. The zero-order valence-corrected chi connectivity index (χ0v) is 8.38. The van der Waals surface area contributed by atoms with Crippen molar-refractivity contribution in [2.45, 2.75) is 19.8 Å². The van der Waals surface area contributed by atoms with E-state index in [0.29, 0.717) is 0 Å². The third-order valence-corrected chi connectivity index (χ3v) is 2.12. The first-order valence-electron chi connectivity index (χ1n) is 4.55. The summed E-state index contributed by atoms with van der Waals surface area (Å²) in [5.41, 5.74) is 1.99. The van der Waals surface area contributed by atoms with Crippen LogP contribution in [0.4, 0.5) is 0 Å². The molecule has 0 saturated carbocycles. The van der Waals surface area contributed by atoms with Gasteiger partial charge in [-0.2, -0.15) is 0 Å². The van der Waals surface area contributed by atoms with Crippen molar-refractivity contribution < 1.29 is 0 Å². The molecule has 2 heteroatoms. The molecule has 1 aromatic rings. The third-order valence-electron chi connectivity index (χ3n) is 2.12. The van der Waals surface area contributed by atoms with Gasteiger partial charge in [-0.05, 0) is 18.6 Å². The molecule has 0 aromatic carbocycles. The van der Waals surface area contributed by atoms with E-state index < -0.39 is 0 Å². The van der Waals surface area contributed by atoms with Gasteiger partial charge in [0.15, 0.2) is 0 Å². The Morgan fingerprint density at radius 3 is 2.46 bits per heavy atom. The zero-order valence-electron chi connectivity index (χ0n) is 8.38. The molecule has 0 aliphatic rings. The summed E-state index contributed by atoms with van der Waals surface area (Å²) in [5, 5.41) is 0. The molecular weight excluding hydrogens is 160 g/mol. The SMILES string of the molecule is C=Cc1nc(CCC)n(C)c1C=C. The Labute approximate surface area is 79.6 Å². The Bertz CT molecular complexity index is 321. The first-order valence-corrected chi connectivity index (χ1v) is 4.55. The number of aryl methyl sites for hydroxylation is 1. The van der Waals surface area contributed by atoms with Crippen LogP contribution in [-0.2, 0) is 13.5 Å². The molecule has 0 atom stereocenters. The highest BCUT2D eigenvalue weighted by Gasteiger charge is 2.07. The quantitative estimate of drug-likeness (QED) is 0.689. The molecule has 2 nitrogen and oxygen atoms in total. The van der Waals surface area contributed by atoms with Crippen molar-refractivity contribution in [2.24, 2.45) is 7.05 Å². The Morgan fingerprint density at radius 2 is 2.08 bits per heavy atom. The molecule has 0 N–H and O–H groups in total. The molecule has 0 bridgehead atoms. The van der Waals surface area contributed by atoms with E-state index in [9.17, 15) is 0 Å². The predicted molar refractivity (Wildman–Crippen MR) is 57.4 cm³/mol. The van der Waals surface area contributed by atoms with Gasteiger partial charge in [0.05, 0.1) is 11.4 Å². The normalized spacial score (nSPS) is 10.0. The molecule has 1 aromatic heterocycles. The van der Waals surface area contributed by atoms with Gasteiger partial charge in [-0.25, -0.2) is 4.98 Å². The van der Waals surface area contributed by atoms with Crippen LogP contribution in [0.2, 0.25) is 0 Å². The van der Waals surface area contributed by atoms with Crippen LogP contribution in [0.1, 0.15) is 30.6 Å². The summed E-state index contributed by atoms with van der Waals surface area (Å²) < 4.78 is 2.08. The van der Waals surface area contributed by atoms with Crippen LogP contribution in [-0.4, -0.2) is 9.55 Å².